The Morgan fingerprint density at radius 2 is 1.12 bits per heavy atom. The molecule has 0 saturated heterocycles. The molecule has 0 saturated carbocycles. The topological polar surface area (TPSA) is 42.9 Å². The summed E-state index contributed by atoms with van der Waals surface area (Å²) in [5, 5.41) is 1.04. The molecule has 0 atom stereocenters. The van der Waals surface area contributed by atoms with Gasteiger partial charge in [0.05, 0.1) is 21.4 Å². The van der Waals surface area contributed by atoms with Gasteiger partial charge in [-0.25, -0.2) is 0 Å². The van der Waals surface area contributed by atoms with Crippen molar-refractivity contribution in [3.63, 3.8) is 0 Å². The Morgan fingerprint density at radius 3 is 1.50 bits per heavy atom. The van der Waals surface area contributed by atoms with Gasteiger partial charge in [-0.15, -0.1) is 0 Å². The Hall–Kier alpha value is -2.05. The maximum atomic E-state index is 14.0. The van der Waals surface area contributed by atoms with Crippen LogP contribution in [0, 0.1) is 0 Å². The molecule has 2 aromatic carbocycles. The molecule has 2 aromatic heterocycles. The van der Waals surface area contributed by atoms with E-state index in [1.807, 2.05) is 62.4 Å². The lowest BCUT2D eigenvalue weighted by molar-refractivity contribution is 0.103. The van der Waals surface area contributed by atoms with Crippen LogP contribution in [0.15, 0.2) is 69.6 Å². The molecule has 7 heteroatoms. The summed E-state index contributed by atoms with van der Waals surface area (Å²) < 4.78 is 1.70. The van der Waals surface area contributed by atoms with Gasteiger partial charge in [0.15, 0.2) is 5.78 Å². The quantitative estimate of drug-likeness (QED) is 0.203. The van der Waals surface area contributed by atoms with E-state index in [0.717, 1.165) is 33.2 Å². The smallest absolute Gasteiger partial charge is 0.197 e. The zero-order valence-corrected chi connectivity index (χ0v) is 23.2. The average Bonchev–Trinajstić information content (AvgIpc) is 2.85. The number of halogens is 4. The molecule has 0 aliphatic carbocycles. The lowest BCUT2D eigenvalue weighted by atomic mass is 9.94. The molecule has 0 bridgehead atoms. The fourth-order valence-electron chi connectivity index (χ4n) is 3.67. The number of hydrogen-bond donors (Lipinski definition) is 0. The number of carbonyl (C=O) groups excluding carboxylic acids is 1. The Bertz CT molecular complexity index is 1300. The van der Waals surface area contributed by atoms with Gasteiger partial charge in [0.25, 0.3) is 0 Å². The highest BCUT2D eigenvalue weighted by molar-refractivity contribution is 9.10. The molecule has 4 aromatic rings. The van der Waals surface area contributed by atoms with Crippen molar-refractivity contribution in [2.24, 2.45) is 0 Å². The van der Waals surface area contributed by atoms with Crippen LogP contribution in [0.2, 0.25) is 10.0 Å². The van der Waals surface area contributed by atoms with Crippen molar-refractivity contribution in [2.75, 3.05) is 0 Å². The molecule has 0 N–H and O–H groups in total. The van der Waals surface area contributed by atoms with Gasteiger partial charge in [-0.3, -0.25) is 14.8 Å². The summed E-state index contributed by atoms with van der Waals surface area (Å²) in [7, 11) is 0. The number of hydrogen-bond acceptors (Lipinski definition) is 3. The summed E-state index contributed by atoms with van der Waals surface area (Å²) in [5.41, 5.74) is 5.12. The molecule has 0 amide bonds. The molecule has 0 unspecified atom stereocenters. The van der Waals surface area contributed by atoms with Crippen LogP contribution in [-0.4, -0.2) is 15.8 Å². The third-order valence-corrected chi connectivity index (χ3v) is 7.13. The lowest BCUT2D eigenvalue weighted by Gasteiger charge is -2.15. The van der Waals surface area contributed by atoms with Crippen LogP contribution in [0.5, 0.6) is 0 Å². The maximum absolute atomic E-state index is 14.0. The molecule has 0 radical (unpaired) electrons. The van der Waals surface area contributed by atoms with Gasteiger partial charge >= 0.3 is 0 Å². The molecule has 0 aliphatic heterocycles. The van der Waals surface area contributed by atoms with E-state index in [1.165, 1.54) is 0 Å². The second-order valence-electron chi connectivity index (χ2n) is 7.68. The van der Waals surface area contributed by atoms with Gasteiger partial charge in [0, 0.05) is 42.6 Å². The van der Waals surface area contributed by atoms with Crippen molar-refractivity contribution in [3.05, 3.63) is 102 Å². The minimum Gasteiger partial charge on any atom is -0.288 e. The van der Waals surface area contributed by atoms with E-state index in [4.69, 9.17) is 33.2 Å². The first-order valence-electron chi connectivity index (χ1n) is 10.8. The molecule has 2 heterocycles. The van der Waals surface area contributed by atoms with E-state index < -0.39 is 0 Å². The second-order valence-corrected chi connectivity index (χ2v) is 10.3. The van der Waals surface area contributed by atoms with Crippen LogP contribution >= 0.6 is 55.1 Å². The number of aromatic nitrogens is 2. The molecule has 0 spiro atoms. The molecule has 34 heavy (non-hydrogen) atoms. The zero-order chi connectivity index (χ0) is 24.4. The van der Waals surface area contributed by atoms with Gasteiger partial charge in [-0.05, 0) is 73.5 Å². The first-order valence-corrected chi connectivity index (χ1v) is 13.1. The van der Waals surface area contributed by atoms with Crippen LogP contribution in [0.4, 0.5) is 0 Å². The molecule has 0 fully saturated rings. The van der Waals surface area contributed by atoms with E-state index >= 15 is 0 Å². The molecular weight excluding hydrogens is 599 g/mol. The Balaban J connectivity index is 1.96. The molecular formula is C27H20Br2Cl2N2O. The first-order chi connectivity index (χ1) is 16.3. The van der Waals surface area contributed by atoms with Crippen LogP contribution in [0.1, 0.15) is 41.2 Å². The number of rotatable bonds is 6. The predicted octanol–water partition coefficient (Wildman–Crippen LogP) is 9.00. The molecule has 0 aliphatic rings. The van der Waals surface area contributed by atoms with E-state index in [2.05, 4.69) is 31.9 Å². The number of ketones is 1. The monoisotopic (exact) mass is 616 g/mol. The summed E-state index contributed by atoms with van der Waals surface area (Å²) >= 11 is 20.1. The highest BCUT2D eigenvalue weighted by atomic mass is 79.9. The van der Waals surface area contributed by atoms with Crippen molar-refractivity contribution < 1.29 is 4.79 Å². The average molecular weight is 619 g/mol. The van der Waals surface area contributed by atoms with Crippen molar-refractivity contribution in [3.8, 4) is 22.5 Å². The summed E-state index contributed by atoms with van der Waals surface area (Å²) in [6, 6.07) is 18.5. The molecule has 3 nitrogen and oxygen atoms in total. The third-order valence-electron chi connectivity index (χ3n) is 5.49. The van der Waals surface area contributed by atoms with Crippen molar-refractivity contribution in [1.82, 2.24) is 9.97 Å². The number of aryl methyl sites for hydroxylation is 2. The van der Waals surface area contributed by atoms with Gasteiger partial charge in [0.2, 0.25) is 0 Å². The van der Waals surface area contributed by atoms with Gasteiger partial charge in [-0.1, -0.05) is 68.9 Å². The molecule has 4 rings (SSSR count). The second kappa shape index (κ2) is 10.7. The molecule has 172 valence electrons. The zero-order valence-electron chi connectivity index (χ0n) is 18.5. The SMILES string of the molecule is CCc1ccc(C(=O)c2ccc(CC)nc2-c2cc(Br)ccc2Cl)c(-c2cc(Br)ccc2Cl)n1. The highest BCUT2D eigenvalue weighted by Crippen LogP contribution is 2.36. The fraction of sp³-hybridized carbons (Fsp3) is 0.148. The predicted molar refractivity (Wildman–Crippen MR) is 147 cm³/mol. The summed E-state index contributed by atoms with van der Waals surface area (Å²) in [6.45, 7) is 4.05. The van der Waals surface area contributed by atoms with Crippen molar-refractivity contribution in [1.29, 1.82) is 0 Å². The van der Waals surface area contributed by atoms with Crippen LogP contribution in [-0.2, 0) is 12.8 Å². The first kappa shape index (κ1) is 25.1. The standard InChI is InChI=1S/C27H20Br2Cl2N2O/c1-3-17-7-9-19(25(32-17)21-13-15(28)5-11-23(21)30)27(34)20-10-8-18(4-2)33-26(20)22-14-16(29)6-12-24(22)31/h5-14H,3-4H2,1-2H3. The van der Waals surface area contributed by atoms with Crippen molar-refractivity contribution in [2.45, 2.75) is 26.7 Å². The maximum Gasteiger partial charge on any atom is 0.197 e. The minimum atomic E-state index is -0.192. The van der Waals surface area contributed by atoms with Gasteiger partial charge in [-0.2, -0.15) is 0 Å². The van der Waals surface area contributed by atoms with Gasteiger partial charge in [0.1, 0.15) is 0 Å². The lowest BCUT2D eigenvalue weighted by Crippen LogP contribution is -2.10. The van der Waals surface area contributed by atoms with Crippen molar-refractivity contribution >= 4 is 60.8 Å². The van der Waals surface area contributed by atoms with Crippen LogP contribution < -0.4 is 0 Å². The van der Waals surface area contributed by atoms with E-state index in [-0.39, 0.29) is 5.78 Å². The fourth-order valence-corrected chi connectivity index (χ4v) is 4.81. The largest absolute Gasteiger partial charge is 0.288 e. The number of benzene rings is 2. The number of pyridine rings is 2. The summed E-state index contributed by atoms with van der Waals surface area (Å²) in [4.78, 5) is 23.6. The summed E-state index contributed by atoms with van der Waals surface area (Å²) in [6.07, 6.45) is 1.47. The van der Waals surface area contributed by atoms with Crippen LogP contribution in [0.3, 0.4) is 0 Å². The Labute approximate surface area is 225 Å². The van der Waals surface area contributed by atoms with E-state index in [0.29, 0.717) is 43.7 Å². The third kappa shape index (κ3) is 5.13. The Morgan fingerprint density at radius 1 is 0.706 bits per heavy atom. The minimum absolute atomic E-state index is 0.192. The number of carbonyl (C=O) groups is 1. The van der Waals surface area contributed by atoms with Gasteiger partial charge < -0.3 is 0 Å². The van der Waals surface area contributed by atoms with Crippen LogP contribution in [0.25, 0.3) is 22.5 Å². The van der Waals surface area contributed by atoms with E-state index in [9.17, 15) is 4.79 Å². The highest BCUT2D eigenvalue weighted by Gasteiger charge is 2.23. The summed E-state index contributed by atoms with van der Waals surface area (Å²) in [5.74, 6) is -0.192. The number of nitrogens with zero attached hydrogens (tertiary/aromatic N) is 2. The Kier molecular flexibility index (Phi) is 7.88. The van der Waals surface area contributed by atoms with E-state index in [1.54, 1.807) is 12.1 Å². The normalized spacial score (nSPS) is 11.0.